The summed E-state index contributed by atoms with van der Waals surface area (Å²) in [5.41, 5.74) is 2.40. The first-order valence-electron chi connectivity index (χ1n) is 16.1. The Morgan fingerprint density at radius 2 is 1.50 bits per heavy atom. The molecule has 0 saturated heterocycles. The summed E-state index contributed by atoms with van der Waals surface area (Å²) in [5.74, 6) is -3.47. The van der Waals surface area contributed by atoms with Gasteiger partial charge in [0.05, 0.1) is 11.8 Å². The summed E-state index contributed by atoms with van der Waals surface area (Å²) in [6, 6.07) is 15.3. The van der Waals surface area contributed by atoms with Crippen molar-refractivity contribution in [3.05, 3.63) is 60.2 Å². The summed E-state index contributed by atoms with van der Waals surface area (Å²) in [6.07, 6.45) is 0.00601. The Balaban J connectivity index is 0.00000565. The van der Waals surface area contributed by atoms with Crippen molar-refractivity contribution in [2.75, 3.05) is 31.7 Å². The highest BCUT2D eigenvalue weighted by Crippen LogP contribution is 2.29. The number of amides is 5. The number of ether oxygens (including phenoxy) is 1. The highest BCUT2D eigenvalue weighted by molar-refractivity contribution is 7.99. The third-order valence-electron chi connectivity index (χ3n) is 6.81. The van der Waals surface area contributed by atoms with E-state index < -0.39 is 47.3 Å². The molecule has 0 radical (unpaired) electrons. The fourth-order valence-corrected chi connectivity index (χ4v) is 5.66. The molecule has 2 aromatic rings. The molecule has 0 bridgehead atoms. The molecule has 0 aliphatic carbocycles. The number of carbonyl (C=O) groups is 5. The maximum Gasteiger partial charge on any atom is 0.410 e. The molecule has 0 heterocycles. The molecular formula is C35H53N5O7S. The lowest BCUT2D eigenvalue weighted by molar-refractivity contribution is -0.140. The summed E-state index contributed by atoms with van der Waals surface area (Å²) < 4.78 is 5.27. The third kappa shape index (κ3) is 15.2. The number of likely N-dealkylation sites (N-methyl/N-ethyl adjacent to an activating group) is 2. The standard InChI is InChI=1S/C33H47N5O7S.C2H6/c1-21(2)17-25(29(40)36-27(31(42)34-6)18-22-11-9-8-10-12-22)26(30(41)37-44)20-46-24-15-13-23(14-16-24)35-28(39)19-38(7)32(43)45-33(3,4)5;1-2/h8-16,21,25-27,44H,17-20H2,1-7H3,(H,34,42)(H,35,39)(H,36,40)(H,37,41);1-2H3/t25-,26+,27?;/m1./s1. The number of hydrogen-bond donors (Lipinski definition) is 5. The van der Waals surface area contributed by atoms with Gasteiger partial charge in [0.1, 0.15) is 18.2 Å². The Hall–Kier alpha value is -4.10. The Morgan fingerprint density at radius 1 is 0.896 bits per heavy atom. The zero-order valence-corrected chi connectivity index (χ0v) is 30.4. The van der Waals surface area contributed by atoms with Crippen LogP contribution in [0.2, 0.25) is 0 Å². The monoisotopic (exact) mass is 687 g/mol. The van der Waals surface area contributed by atoms with Gasteiger partial charge in [0.15, 0.2) is 0 Å². The molecule has 1 unspecified atom stereocenters. The van der Waals surface area contributed by atoms with E-state index in [0.717, 1.165) is 10.5 Å². The molecule has 0 aliphatic rings. The fraction of sp³-hybridized carbons (Fsp3) is 0.514. The number of benzene rings is 2. The molecule has 48 heavy (non-hydrogen) atoms. The second-order valence-electron chi connectivity index (χ2n) is 12.4. The Bertz CT molecular complexity index is 1320. The van der Waals surface area contributed by atoms with Crippen LogP contribution in [0.3, 0.4) is 0 Å². The molecule has 2 rings (SSSR count). The van der Waals surface area contributed by atoms with Crippen LogP contribution < -0.4 is 21.4 Å². The van der Waals surface area contributed by atoms with Crippen LogP contribution in [0, 0.1) is 17.8 Å². The highest BCUT2D eigenvalue weighted by atomic mass is 32.2. The van der Waals surface area contributed by atoms with Gasteiger partial charge in [-0.25, -0.2) is 10.3 Å². The molecule has 12 nitrogen and oxygen atoms in total. The van der Waals surface area contributed by atoms with Crippen LogP contribution in [0.15, 0.2) is 59.5 Å². The van der Waals surface area contributed by atoms with E-state index in [1.54, 1.807) is 50.5 Å². The van der Waals surface area contributed by atoms with Crippen molar-refractivity contribution >= 4 is 47.2 Å². The number of anilines is 1. The van der Waals surface area contributed by atoms with Gasteiger partial charge in [0, 0.05) is 36.9 Å². The summed E-state index contributed by atoms with van der Waals surface area (Å²) in [7, 11) is 2.97. The molecule has 0 aromatic heterocycles. The average Bonchev–Trinajstić information content (AvgIpc) is 3.04. The molecule has 0 fully saturated rings. The SMILES string of the molecule is CC.CNC(=O)C(Cc1ccccc1)NC(=O)[C@H](CC(C)C)[C@H](CSc1ccc(NC(=O)CN(C)C(=O)OC(C)(C)C)cc1)C(=O)NO. The van der Waals surface area contributed by atoms with E-state index in [0.29, 0.717) is 12.1 Å². The minimum atomic E-state index is -0.915. The molecule has 0 spiro atoms. The number of thioether (sulfide) groups is 1. The van der Waals surface area contributed by atoms with Crippen molar-refractivity contribution in [3.8, 4) is 0 Å². The van der Waals surface area contributed by atoms with Crippen LogP contribution in [0.5, 0.6) is 0 Å². The first-order chi connectivity index (χ1) is 22.6. The van der Waals surface area contributed by atoms with Crippen molar-refractivity contribution < 1.29 is 33.9 Å². The van der Waals surface area contributed by atoms with Gasteiger partial charge < -0.3 is 25.6 Å². The van der Waals surface area contributed by atoms with Gasteiger partial charge in [0.25, 0.3) is 0 Å². The molecule has 2 aromatic carbocycles. The topological polar surface area (TPSA) is 166 Å². The number of nitrogens with zero attached hydrogens (tertiary/aromatic N) is 1. The number of nitrogens with one attached hydrogen (secondary N) is 4. The van der Waals surface area contributed by atoms with Crippen LogP contribution in [0.25, 0.3) is 0 Å². The summed E-state index contributed by atoms with van der Waals surface area (Å²) >= 11 is 1.31. The van der Waals surface area contributed by atoms with Crippen LogP contribution in [0.1, 0.15) is 60.5 Å². The van der Waals surface area contributed by atoms with Gasteiger partial charge in [0.2, 0.25) is 23.6 Å². The first kappa shape index (κ1) is 41.9. The van der Waals surface area contributed by atoms with Crippen molar-refractivity contribution in [1.29, 1.82) is 0 Å². The normalized spacial score (nSPS) is 12.7. The second kappa shape index (κ2) is 21.0. The van der Waals surface area contributed by atoms with Gasteiger partial charge in [-0.1, -0.05) is 58.0 Å². The van der Waals surface area contributed by atoms with E-state index >= 15 is 0 Å². The van der Waals surface area contributed by atoms with Crippen LogP contribution >= 0.6 is 11.8 Å². The van der Waals surface area contributed by atoms with E-state index in [1.807, 2.05) is 58.0 Å². The lowest BCUT2D eigenvalue weighted by atomic mass is 9.84. The highest BCUT2D eigenvalue weighted by Gasteiger charge is 2.36. The summed E-state index contributed by atoms with van der Waals surface area (Å²) in [4.78, 5) is 65.8. The molecular weight excluding hydrogens is 634 g/mol. The van der Waals surface area contributed by atoms with Gasteiger partial charge in [-0.05, 0) is 62.9 Å². The van der Waals surface area contributed by atoms with E-state index in [4.69, 9.17) is 4.74 Å². The predicted molar refractivity (Wildman–Crippen MR) is 189 cm³/mol. The lowest BCUT2D eigenvalue weighted by Gasteiger charge is -2.28. The van der Waals surface area contributed by atoms with Gasteiger partial charge in [-0.2, -0.15) is 0 Å². The number of hydrogen-bond acceptors (Lipinski definition) is 8. The van der Waals surface area contributed by atoms with Crippen molar-refractivity contribution in [2.45, 2.75) is 77.8 Å². The molecule has 266 valence electrons. The smallest absolute Gasteiger partial charge is 0.410 e. The zero-order chi connectivity index (χ0) is 36.4. The quantitative estimate of drug-likeness (QED) is 0.101. The van der Waals surface area contributed by atoms with Crippen molar-refractivity contribution in [3.63, 3.8) is 0 Å². The Kier molecular flexibility index (Phi) is 18.3. The van der Waals surface area contributed by atoms with Gasteiger partial charge in [-0.15, -0.1) is 11.8 Å². The number of rotatable bonds is 15. The molecule has 5 N–H and O–H groups in total. The van der Waals surface area contributed by atoms with Crippen LogP contribution in [-0.2, 0) is 30.3 Å². The fourth-order valence-electron chi connectivity index (χ4n) is 4.57. The zero-order valence-electron chi connectivity index (χ0n) is 29.6. The molecule has 3 atom stereocenters. The van der Waals surface area contributed by atoms with E-state index in [9.17, 15) is 29.2 Å². The molecule has 0 saturated carbocycles. The maximum atomic E-state index is 13.7. The number of hydroxylamine groups is 1. The molecule has 5 amide bonds. The Labute approximate surface area is 289 Å². The van der Waals surface area contributed by atoms with Gasteiger partial charge >= 0.3 is 6.09 Å². The number of carbonyl (C=O) groups excluding carboxylic acids is 5. The van der Waals surface area contributed by atoms with E-state index in [-0.39, 0.29) is 30.5 Å². The minimum Gasteiger partial charge on any atom is -0.444 e. The lowest BCUT2D eigenvalue weighted by Crippen LogP contribution is -2.51. The van der Waals surface area contributed by atoms with E-state index in [1.165, 1.54) is 30.8 Å². The van der Waals surface area contributed by atoms with Crippen LogP contribution in [0.4, 0.5) is 10.5 Å². The van der Waals surface area contributed by atoms with Crippen molar-refractivity contribution in [2.24, 2.45) is 17.8 Å². The third-order valence-corrected chi connectivity index (χ3v) is 7.94. The predicted octanol–water partition coefficient (Wildman–Crippen LogP) is 4.87. The van der Waals surface area contributed by atoms with E-state index in [2.05, 4.69) is 16.0 Å². The second-order valence-corrected chi connectivity index (χ2v) is 13.5. The summed E-state index contributed by atoms with van der Waals surface area (Å²) in [6.45, 7) is 12.9. The average molecular weight is 688 g/mol. The van der Waals surface area contributed by atoms with Gasteiger partial charge in [-0.3, -0.25) is 24.4 Å². The minimum absolute atomic E-state index is 0.0413. The molecule has 0 aliphatic heterocycles. The maximum absolute atomic E-state index is 13.7. The van der Waals surface area contributed by atoms with Crippen molar-refractivity contribution in [1.82, 2.24) is 21.0 Å². The first-order valence-corrected chi connectivity index (χ1v) is 17.1. The summed E-state index contributed by atoms with van der Waals surface area (Å²) in [5, 5.41) is 17.7. The molecule has 13 heteroatoms. The largest absolute Gasteiger partial charge is 0.444 e. The van der Waals surface area contributed by atoms with Crippen LogP contribution in [-0.4, -0.2) is 77.9 Å². The Morgan fingerprint density at radius 3 is 2.02 bits per heavy atom.